The summed E-state index contributed by atoms with van der Waals surface area (Å²) in [6, 6.07) is 23.6. The van der Waals surface area contributed by atoms with Crippen molar-refractivity contribution in [3.8, 4) is 11.5 Å². The Labute approximate surface area is 156 Å². The predicted octanol–water partition coefficient (Wildman–Crippen LogP) is 4.20. The van der Waals surface area contributed by atoms with Gasteiger partial charge in [-0.05, 0) is 35.9 Å². The molecule has 3 aromatic carbocycles. The first-order chi connectivity index (χ1) is 13.2. The second-order valence-electron chi connectivity index (χ2n) is 6.16. The summed E-state index contributed by atoms with van der Waals surface area (Å²) in [7, 11) is 0. The van der Waals surface area contributed by atoms with E-state index in [4.69, 9.17) is 9.47 Å². The van der Waals surface area contributed by atoms with Gasteiger partial charge >= 0.3 is 5.97 Å². The molecule has 0 aromatic heterocycles. The van der Waals surface area contributed by atoms with E-state index in [1.165, 1.54) is 0 Å². The van der Waals surface area contributed by atoms with Crippen molar-refractivity contribution in [2.24, 2.45) is 0 Å². The number of cyclic esters (lactones) is 1. The molecule has 1 amide bonds. The molecule has 134 valence electrons. The van der Waals surface area contributed by atoms with E-state index in [0.29, 0.717) is 29.2 Å². The molecule has 1 unspecified atom stereocenters. The molecule has 1 heterocycles. The minimum Gasteiger partial charge on any atom is -0.455 e. The maximum Gasteiger partial charge on any atom is 0.339 e. The first kappa shape index (κ1) is 16.8. The highest BCUT2D eigenvalue weighted by atomic mass is 16.5. The number of hydrogen-bond acceptors (Lipinski definition) is 4. The highest BCUT2D eigenvalue weighted by molar-refractivity contribution is 6.00. The van der Waals surface area contributed by atoms with E-state index in [0.717, 1.165) is 5.56 Å². The van der Waals surface area contributed by atoms with Crippen LogP contribution < -0.4 is 10.1 Å². The van der Waals surface area contributed by atoms with Gasteiger partial charge in [-0.1, -0.05) is 48.5 Å². The molecule has 0 saturated heterocycles. The van der Waals surface area contributed by atoms with Gasteiger partial charge < -0.3 is 14.8 Å². The highest BCUT2D eigenvalue weighted by Crippen LogP contribution is 2.30. The number of hydrogen-bond donors (Lipinski definition) is 1. The van der Waals surface area contributed by atoms with Gasteiger partial charge in [0.1, 0.15) is 5.75 Å². The quantitative estimate of drug-likeness (QED) is 0.709. The predicted molar refractivity (Wildman–Crippen MR) is 101 cm³/mol. The minimum atomic E-state index is -0.878. The summed E-state index contributed by atoms with van der Waals surface area (Å²) in [6.07, 6.45) is -0.535. The molecule has 0 fully saturated rings. The number of rotatable bonds is 4. The van der Waals surface area contributed by atoms with Gasteiger partial charge in [0, 0.05) is 6.42 Å². The third-order valence-electron chi connectivity index (χ3n) is 4.30. The SMILES string of the molecule is O=C1OC(C(=O)Nc2ccccc2Oc2ccccc2)Cc2ccccc21. The Hall–Kier alpha value is -3.60. The summed E-state index contributed by atoms with van der Waals surface area (Å²) in [6.45, 7) is 0. The third kappa shape index (κ3) is 3.67. The summed E-state index contributed by atoms with van der Waals surface area (Å²) >= 11 is 0. The molecule has 1 atom stereocenters. The first-order valence-corrected chi connectivity index (χ1v) is 8.62. The van der Waals surface area contributed by atoms with Gasteiger partial charge in [0.25, 0.3) is 5.91 Å². The molecule has 0 aliphatic carbocycles. The first-order valence-electron chi connectivity index (χ1n) is 8.62. The smallest absolute Gasteiger partial charge is 0.339 e. The summed E-state index contributed by atoms with van der Waals surface area (Å²) in [5, 5.41) is 2.81. The molecule has 1 aliphatic heterocycles. The number of esters is 1. The lowest BCUT2D eigenvalue weighted by Crippen LogP contribution is -2.38. The standard InChI is InChI=1S/C22H17NO4/c24-21(20-14-15-8-4-5-11-17(15)22(25)27-20)23-18-12-6-7-13-19(18)26-16-9-2-1-3-10-16/h1-13,20H,14H2,(H,23,24). The van der Waals surface area contributed by atoms with Crippen LogP contribution in [0.3, 0.4) is 0 Å². The Morgan fingerprint density at radius 3 is 2.48 bits per heavy atom. The molecule has 3 aromatic rings. The number of carbonyl (C=O) groups excluding carboxylic acids is 2. The lowest BCUT2D eigenvalue weighted by Gasteiger charge is -2.24. The van der Waals surface area contributed by atoms with Gasteiger partial charge in [0.2, 0.25) is 0 Å². The monoisotopic (exact) mass is 359 g/mol. The van der Waals surface area contributed by atoms with E-state index < -0.39 is 12.1 Å². The van der Waals surface area contributed by atoms with E-state index in [1.807, 2.05) is 48.5 Å². The van der Waals surface area contributed by atoms with Crippen LogP contribution in [0.2, 0.25) is 0 Å². The minimum absolute atomic E-state index is 0.343. The zero-order valence-corrected chi connectivity index (χ0v) is 14.4. The Morgan fingerprint density at radius 2 is 1.63 bits per heavy atom. The molecular weight excluding hydrogens is 342 g/mol. The average molecular weight is 359 g/mol. The Bertz CT molecular complexity index is 984. The van der Waals surface area contributed by atoms with Crippen LogP contribution in [0.5, 0.6) is 11.5 Å². The number of ether oxygens (including phenoxy) is 2. The van der Waals surface area contributed by atoms with E-state index in [2.05, 4.69) is 5.32 Å². The van der Waals surface area contributed by atoms with Gasteiger partial charge in [-0.15, -0.1) is 0 Å². The Balaban J connectivity index is 1.52. The van der Waals surface area contributed by atoms with Crippen LogP contribution in [0, 0.1) is 0 Å². The summed E-state index contributed by atoms with van der Waals surface area (Å²) in [5.74, 6) is 0.310. The van der Waals surface area contributed by atoms with Crippen molar-refractivity contribution in [1.82, 2.24) is 0 Å². The van der Waals surface area contributed by atoms with Crippen molar-refractivity contribution in [3.63, 3.8) is 0 Å². The highest BCUT2D eigenvalue weighted by Gasteiger charge is 2.31. The van der Waals surface area contributed by atoms with Gasteiger partial charge in [0.05, 0.1) is 11.3 Å². The zero-order chi connectivity index (χ0) is 18.6. The fraction of sp³-hybridized carbons (Fsp3) is 0.0909. The molecule has 4 rings (SSSR count). The normalized spacial score (nSPS) is 15.4. The maximum absolute atomic E-state index is 12.7. The van der Waals surface area contributed by atoms with Crippen LogP contribution in [0.15, 0.2) is 78.9 Å². The lowest BCUT2D eigenvalue weighted by atomic mass is 9.98. The van der Waals surface area contributed by atoms with Crippen LogP contribution in [0.25, 0.3) is 0 Å². The van der Waals surface area contributed by atoms with E-state index in [-0.39, 0.29) is 5.91 Å². The largest absolute Gasteiger partial charge is 0.455 e. The fourth-order valence-electron chi connectivity index (χ4n) is 2.97. The molecule has 0 saturated carbocycles. The number of carbonyl (C=O) groups is 2. The van der Waals surface area contributed by atoms with Crippen molar-refractivity contribution < 1.29 is 19.1 Å². The molecule has 0 spiro atoms. The summed E-state index contributed by atoms with van der Waals surface area (Å²) < 4.78 is 11.2. The molecule has 1 N–H and O–H groups in total. The van der Waals surface area contributed by atoms with Crippen LogP contribution in [-0.2, 0) is 16.0 Å². The Morgan fingerprint density at radius 1 is 0.926 bits per heavy atom. The van der Waals surface area contributed by atoms with Crippen LogP contribution >= 0.6 is 0 Å². The van der Waals surface area contributed by atoms with E-state index >= 15 is 0 Å². The topological polar surface area (TPSA) is 64.6 Å². The van der Waals surface area contributed by atoms with Gasteiger partial charge in [-0.2, -0.15) is 0 Å². The van der Waals surface area contributed by atoms with Crippen molar-refractivity contribution in [2.45, 2.75) is 12.5 Å². The fourth-order valence-corrected chi connectivity index (χ4v) is 2.97. The third-order valence-corrected chi connectivity index (χ3v) is 4.30. The lowest BCUT2D eigenvalue weighted by molar-refractivity contribution is -0.125. The van der Waals surface area contributed by atoms with Crippen molar-refractivity contribution >= 4 is 17.6 Å². The van der Waals surface area contributed by atoms with E-state index in [1.54, 1.807) is 30.3 Å². The molecular formula is C22H17NO4. The number of anilines is 1. The molecule has 27 heavy (non-hydrogen) atoms. The van der Waals surface area contributed by atoms with Crippen LogP contribution in [-0.4, -0.2) is 18.0 Å². The molecule has 1 aliphatic rings. The van der Waals surface area contributed by atoms with Crippen LogP contribution in [0.4, 0.5) is 5.69 Å². The maximum atomic E-state index is 12.7. The van der Waals surface area contributed by atoms with Gasteiger partial charge in [-0.25, -0.2) is 4.79 Å². The second kappa shape index (κ2) is 7.33. The molecule has 0 radical (unpaired) electrons. The Kier molecular flexibility index (Phi) is 4.58. The average Bonchev–Trinajstić information content (AvgIpc) is 2.70. The van der Waals surface area contributed by atoms with Crippen LogP contribution in [0.1, 0.15) is 15.9 Å². The summed E-state index contributed by atoms with van der Waals surface area (Å²) in [4.78, 5) is 24.8. The van der Waals surface area contributed by atoms with Crippen molar-refractivity contribution in [2.75, 3.05) is 5.32 Å². The second-order valence-corrected chi connectivity index (χ2v) is 6.16. The molecule has 0 bridgehead atoms. The van der Waals surface area contributed by atoms with Crippen molar-refractivity contribution in [1.29, 1.82) is 0 Å². The van der Waals surface area contributed by atoms with Crippen molar-refractivity contribution in [3.05, 3.63) is 90.0 Å². The number of nitrogens with one attached hydrogen (secondary N) is 1. The summed E-state index contributed by atoms with van der Waals surface area (Å²) in [5.41, 5.74) is 1.83. The number of amides is 1. The number of fused-ring (bicyclic) bond motifs is 1. The molecule has 5 heteroatoms. The number of para-hydroxylation sites is 3. The van der Waals surface area contributed by atoms with Gasteiger partial charge in [0.15, 0.2) is 11.9 Å². The number of benzene rings is 3. The van der Waals surface area contributed by atoms with E-state index in [9.17, 15) is 9.59 Å². The molecule has 5 nitrogen and oxygen atoms in total. The zero-order valence-electron chi connectivity index (χ0n) is 14.4. The van der Waals surface area contributed by atoms with Gasteiger partial charge in [-0.3, -0.25) is 4.79 Å².